The minimum Gasteiger partial charge on any atom is -0.320 e. The molecule has 1 aromatic carbocycles. The van der Waals surface area contributed by atoms with Gasteiger partial charge in [-0.1, -0.05) is 29.3 Å². The van der Waals surface area contributed by atoms with Crippen molar-refractivity contribution in [2.75, 3.05) is 5.32 Å². The average molecular weight is 404 g/mol. The average Bonchev–Trinajstić information content (AvgIpc) is 3.05. The summed E-state index contributed by atoms with van der Waals surface area (Å²) in [5, 5.41) is 3.42. The molecule has 0 saturated carbocycles. The second kappa shape index (κ2) is 7.79. The fourth-order valence-corrected chi connectivity index (χ4v) is 3.16. The zero-order valence-corrected chi connectivity index (χ0v) is 15.7. The van der Waals surface area contributed by atoms with E-state index in [1.807, 2.05) is 5.43 Å². The van der Waals surface area contributed by atoms with Gasteiger partial charge in [0.15, 0.2) is 0 Å². The summed E-state index contributed by atoms with van der Waals surface area (Å²) in [5.41, 5.74) is 3.36. The third-order valence-corrected chi connectivity index (χ3v) is 4.37. The molecule has 0 fully saturated rings. The monoisotopic (exact) mass is 403 g/mol. The zero-order valence-electron chi connectivity index (χ0n) is 14.2. The highest BCUT2D eigenvalue weighted by molar-refractivity contribution is 6.31. The number of amides is 2. The Morgan fingerprint density at radius 3 is 2.56 bits per heavy atom. The largest absolute Gasteiger partial charge is 0.320 e. The Labute approximate surface area is 165 Å². The summed E-state index contributed by atoms with van der Waals surface area (Å²) in [7, 11) is 0. The maximum absolute atomic E-state index is 12.9. The van der Waals surface area contributed by atoms with E-state index in [0.29, 0.717) is 27.2 Å². The molecule has 7 nitrogen and oxygen atoms in total. The normalized spacial score (nSPS) is 10.5. The number of carbonyl (C=O) groups excluding carboxylic acids is 2. The van der Waals surface area contributed by atoms with Crippen LogP contribution in [0.25, 0.3) is 5.82 Å². The number of carbonyl (C=O) groups is 2. The molecule has 27 heavy (non-hydrogen) atoms. The molecule has 0 bridgehead atoms. The Hall–Kier alpha value is -2.87. The van der Waals surface area contributed by atoms with Crippen molar-refractivity contribution in [2.45, 2.75) is 6.92 Å². The first-order valence-corrected chi connectivity index (χ1v) is 8.59. The summed E-state index contributed by atoms with van der Waals surface area (Å²) in [6, 6.07) is 11.5. The molecule has 0 unspecified atom stereocenters. The van der Waals surface area contributed by atoms with Crippen molar-refractivity contribution in [3.05, 3.63) is 75.7 Å². The van der Waals surface area contributed by atoms with Crippen LogP contribution in [-0.2, 0) is 0 Å². The Morgan fingerprint density at radius 1 is 1.11 bits per heavy atom. The van der Waals surface area contributed by atoms with E-state index in [0.717, 1.165) is 0 Å². The molecule has 0 aliphatic rings. The molecule has 0 aliphatic carbocycles. The van der Waals surface area contributed by atoms with Crippen LogP contribution in [0.1, 0.15) is 26.4 Å². The van der Waals surface area contributed by atoms with Crippen molar-refractivity contribution in [1.82, 2.24) is 15.0 Å². The van der Waals surface area contributed by atoms with Crippen molar-refractivity contribution in [3.8, 4) is 5.82 Å². The topological polar surface area (TPSA) is 102 Å². The van der Waals surface area contributed by atoms with E-state index in [9.17, 15) is 9.59 Å². The second-order valence-corrected chi connectivity index (χ2v) is 6.46. The minimum absolute atomic E-state index is 0.151. The number of hydrogen-bond acceptors (Lipinski definition) is 4. The number of nitrogens with two attached hydrogens (primary N) is 1. The Balaban J connectivity index is 2.02. The quantitative estimate of drug-likeness (QED) is 0.353. The molecular formula is C18H15Cl2N5O2. The zero-order chi connectivity index (χ0) is 19.6. The highest BCUT2D eigenvalue weighted by Gasteiger charge is 2.21. The van der Waals surface area contributed by atoms with Crippen molar-refractivity contribution in [1.29, 1.82) is 0 Å². The molecule has 0 saturated heterocycles. The van der Waals surface area contributed by atoms with E-state index in [4.69, 9.17) is 29.0 Å². The molecular weight excluding hydrogens is 389 g/mol. The summed E-state index contributed by atoms with van der Waals surface area (Å²) in [6.07, 6.45) is 1.60. The van der Waals surface area contributed by atoms with Crippen LogP contribution in [0.3, 0.4) is 0 Å². The van der Waals surface area contributed by atoms with E-state index in [1.165, 1.54) is 10.6 Å². The Morgan fingerprint density at radius 2 is 1.89 bits per heavy atom. The van der Waals surface area contributed by atoms with Gasteiger partial charge in [-0.15, -0.1) is 0 Å². The van der Waals surface area contributed by atoms with Crippen LogP contribution in [0, 0.1) is 6.92 Å². The smallest absolute Gasteiger partial charge is 0.272 e. The number of hydrogen-bond donors (Lipinski definition) is 3. The molecule has 0 aliphatic heterocycles. The van der Waals surface area contributed by atoms with Gasteiger partial charge in [0.1, 0.15) is 16.7 Å². The van der Waals surface area contributed by atoms with Gasteiger partial charge in [-0.05, 0) is 48.9 Å². The predicted molar refractivity (Wildman–Crippen MR) is 104 cm³/mol. The predicted octanol–water partition coefficient (Wildman–Crippen LogP) is 3.34. The van der Waals surface area contributed by atoms with Crippen LogP contribution in [-0.4, -0.2) is 21.4 Å². The lowest BCUT2D eigenvalue weighted by atomic mass is 10.1. The summed E-state index contributed by atoms with van der Waals surface area (Å²) in [5.74, 6) is 4.68. The molecule has 0 atom stereocenters. The molecule has 9 heteroatoms. The van der Waals surface area contributed by atoms with Gasteiger partial charge in [-0.25, -0.2) is 10.8 Å². The molecule has 3 rings (SSSR count). The highest BCUT2D eigenvalue weighted by Crippen LogP contribution is 2.27. The number of anilines is 1. The Kier molecular flexibility index (Phi) is 5.46. The number of benzene rings is 1. The van der Waals surface area contributed by atoms with Gasteiger partial charge >= 0.3 is 0 Å². The molecule has 2 heterocycles. The van der Waals surface area contributed by atoms with Crippen molar-refractivity contribution in [2.24, 2.45) is 5.84 Å². The number of aryl methyl sites for hydroxylation is 1. The summed E-state index contributed by atoms with van der Waals surface area (Å²) in [6.45, 7) is 1.72. The first-order valence-electron chi connectivity index (χ1n) is 7.83. The maximum atomic E-state index is 12.9. The lowest BCUT2D eigenvalue weighted by molar-refractivity contribution is 0.0954. The first kappa shape index (κ1) is 18.9. The number of nitrogens with zero attached hydrogens (tertiary/aromatic N) is 2. The first-order chi connectivity index (χ1) is 12.9. The van der Waals surface area contributed by atoms with Gasteiger partial charge in [-0.2, -0.15) is 0 Å². The van der Waals surface area contributed by atoms with Crippen LogP contribution >= 0.6 is 23.2 Å². The van der Waals surface area contributed by atoms with Crippen LogP contribution in [0.2, 0.25) is 10.2 Å². The number of aromatic nitrogens is 2. The number of halogens is 2. The molecule has 0 radical (unpaired) electrons. The van der Waals surface area contributed by atoms with Crippen molar-refractivity contribution in [3.63, 3.8) is 0 Å². The molecule has 138 valence electrons. The van der Waals surface area contributed by atoms with Gasteiger partial charge in [0.25, 0.3) is 11.8 Å². The number of hydrazine groups is 1. The molecule has 2 aromatic heterocycles. The molecule has 2 amide bonds. The van der Waals surface area contributed by atoms with Gasteiger partial charge < -0.3 is 5.32 Å². The maximum Gasteiger partial charge on any atom is 0.272 e. The lowest BCUT2D eigenvalue weighted by Crippen LogP contribution is -2.31. The van der Waals surface area contributed by atoms with Crippen LogP contribution in [0.5, 0.6) is 0 Å². The standard InChI is InChI=1S/C18H15Cl2N5O2/c1-10-8-11(19)9-12(17(26)24-21)16(10)23-18(27)13-5-6-14(20)25(13)15-4-2-3-7-22-15/h2-9H,21H2,1H3,(H,23,27)(H,24,26). The summed E-state index contributed by atoms with van der Waals surface area (Å²) < 4.78 is 1.50. The van der Waals surface area contributed by atoms with Crippen LogP contribution < -0.4 is 16.6 Å². The lowest BCUT2D eigenvalue weighted by Gasteiger charge is -2.15. The molecule has 0 spiro atoms. The number of nitrogen functional groups attached to an aromatic ring is 1. The van der Waals surface area contributed by atoms with E-state index >= 15 is 0 Å². The van der Waals surface area contributed by atoms with E-state index in [2.05, 4.69) is 10.3 Å². The third-order valence-electron chi connectivity index (χ3n) is 3.86. The van der Waals surface area contributed by atoms with Gasteiger partial charge in [0.05, 0.1) is 11.3 Å². The van der Waals surface area contributed by atoms with Crippen LogP contribution in [0.15, 0.2) is 48.7 Å². The second-order valence-electron chi connectivity index (χ2n) is 5.64. The Bertz CT molecular complexity index is 1020. The summed E-state index contributed by atoms with van der Waals surface area (Å²) >= 11 is 12.2. The fraction of sp³-hybridized carbons (Fsp3) is 0.0556. The van der Waals surface area contributed by atoms with Crippen LogP contribution in [0.4, 0.5) is 5.69 Å². The number of rotatable bonds is 4. The van der Waals surface area contributed by atoms with Gasteiger partial charge in [-0.3, -0.25) is 19.6 Å². The van der Waals surface area contributed by atoms with Crippen molar-refractivity contribution < 1.29 is 9.59 Å². The SMILES string of the molecule is Cc1cc(Cl)cc(C(=O)NN)c1NC(=O)c1ccc(Cl)n1-c1ccccn1. The van der Waals surface area contributed by atoms with Gasteiger partial charge in [0.2, 0.25) is 0 Å². The molecule has 4 N–H and O–H groups in total. The van der Waals surface area contributed by atoms with Gasteiger partial charge in [0, 0.05) is 11.2 Å². The van der Waals surface area contributed by atoms with E-state index in [-0.39, 0.29) is 11.3 Å². The van der Waals surface area contributed by atoms with E-state index in [1.54, 1.807) is 49.5 Å². The number of pyridine rings is 1. The molecule has 3 aromatic rings. The number of nitrogens with one attached hydrogen (secondary N) is 2. The fourth-order valence-electron chi connectivity index (χ4n) is 2.65. The van der Waals surface area contributed by atoms with Crippen molar-refractivity contribution >= 4 is 40.7 Å². The minimum atomic E-state index is -0.575. The highest BCUT2D eigenvalue weighted by atomic mass is 35.5. The third kappa shape index (κ3) is 3.80. The summed E-state index contributed by atoms with van der Waals surface area (Å²) in [4.78, 5) is 29.2. The van der Waals surface area contributed by atoms with E-state index < -0.39 is 11.8 Å².